The summed E-state index contributed by atoms with van der Waals surface area (Å²) in [4.78, 5) is 4.38. The summed E-state index contributed by atoms with van der Waals surface area (Å²) in [7, 11) is 0. The van der Waals surface area contributed by atoms with E-state index >= 15 is 0 Å². The molecule has 0 bridgehead atoms. The first-order valence-corrected chi connectivity index (χ1v) is 8.64. The van der Waals surface area contributed by atoms with Crippen LogP contribution in [0.15, 0.2) is 29.8 Å². The molecule has 0 aliphatic rings. The Hall–Kier alpha value is -1.59. The van der Waals surface area contributed by atoms with Gasteiger partial charge in [0.15, 0.2) is 11.5 Å². The molecule has 0 aliphatic heterocycles. The van der Waals surface area contributed by atoms with E-state index in [1.807, 2.05) is 24.6 Å². The number of aromatic nitrogens is 1. The Bertz CT molecular complexity index is 558. The van der Waals surface area contributed by atoms with E-state index in [1.54, 1.807) is 11.3 Å². The summed E-state index contributed by atoms with van der Waals surface area (Å²) < 4.78 is 11.4. The molecule has 0 aliphatic carbocycles. The highest BCUT2D eigenvalue weighted by atomic mass is 32.1. The lowest BCUT2D eigenvalue weighted by atomic mass is 9.99. The van der Waals surface area contributed by atoms with E-state index in [-0.39, 0.29) is 5.92 Å². The first-order chi connectivity index (χ1) is 10.8. The van der Waals surface area contributed by atoms with Crippen molar-refractivity contribution in [3.63, 3.8) is 0 Å². The topological polar surface area (TPSA) is 57.4 Å². The fraction of sp³-hybridized carbons (Fsp3) is 0.471. The highest BCUT2D eigenvalue weighted by Crippen LogP contribution is 2.31. The highest BCUT2D eigenvalue weighted by Gasteiger charge is 2.15. The summed E-state index contributed by atoms with van der Waals surface area (Å²) in [6, 6.07) is 6.14. The van der Waals surface area contributed by atoms with Crippen LogP contribution in [0, 0.1) is 0 Å². The quantitative estimate of drug-likeness (QED) is 0.767. The minimum atomic E-state index is 0.247. The number of hydrogen-bond acceptors (Lipinski definition) is 5. The van der Waals surface area contributed by atoms with Crippen molar-refractivity contribution >= 4 is 11.3 Å². The molecule has 5 heteroatoms. The van der Waals surface area contributed by atoms with Gasteiger partial charge in [0.05, 0.1) is 18.2 Å². The van der Waals surface area contributed by atoms with Gasteiger partial charge in [-0.2, -0.15) is 0 Å². The van der Waals surface area contributed by atoms with E-state index in [0.29, 0.717) is 19.8 Å². The molecule has 1 atom stereocenters. The van der Waals surface area contributed by atoms with Crippen LogP contribution in [0.1, 0.15) is 36.8 Å². The third kappa shape index (κ3) is 4.45. The lowest BCUT2D eigenvalue weighted by Crippen LogP contribution is -2.15. The average Bonchev–Trinajstić information content (AvgIpc) is 3.06. The van der Waals surface area contributed by atoms with E-state index in [2.05, 4.69) is 24.0 Å². The van der Waals surface area contributed by atoms with Crippen molar-refractivity contribution in [1.29, 1.82) is 0 Å². The number of ether oxygens (including phenoxy) is 2. The van der Waals surface area contributed by atoms with Gasteiger partial charge in [-0.05, 0) is 37.5 Å². The second kappa shape index (κ2) is 8.76. The summed E-state index contributed by atoms with van der Waals surface area (Å²) in [6.45, 7) is 5.98. The van der Waals surface area contributed by atoms with E-state index in [4.69, 9.17) is 15.2 Å². The largest absolute Gasteiger partial charge is 0.490 e. The van der Waals surface area contributed by atoms with Crippen molar-refractivity contribution < 1.29 is 9.47 Å². The van der Waals surface area contributed by atoms with Gasteiger partial charge in [0.1, 0.15) is 0 Å². The summed E-state index contributed by atoms with van der Waals surface area (Å²) in [5.74, 6) is 1.87. The number of nitrogens with zero attached hydrogens (tertiary/aromatic N) is 1. The van der Waals surface area contributed by atoms with Gasteiger partial charge in [-0.3, -0.25) is 0 Å². The molecule has 1 aromatic heterocycles. The van der Waals surface area contributed by atoms with Gasteiger partial charge in [-0.15, -0.1) is 11.3 Å². The maximum atomic E-state index is 5.91. The van der Waals surface area contributed by atoms with Crippen LogP contribution in [0.4, 0.5) is 0 Å². The first kappa shape index (κ1) is 16.8. The molecule has 1 heterocycles. The summed E-state index contributed by atoms with van der Waals surface area (Å²) in [5.41, 5.74) is 7.11. The fourth-order valence-electron chi connectivity index (χ4n) is 2.27. The predicted molar refractivity (Wildman–Crippen MR) is 91.0 cm³/mol. The lowest BCUT2D eigenvalue weighted by Gasteiger charge is -2.15. The molecular weight excluding hydrogens is 296 g/mol. The van der Waals surface area contributed by atoms with Gasteiger partial charge in [0.25, 0.3) is 0 Å². The van der Waals surface area contributed by atoms with Crippen LogP contribution in [0.25, 0.3) is 0 Å². The molecule has 22 heavy (non-hydrogen) atoms. The Morgan fingerprint density at radius 2 is 2.09 bits per heavy atom. The Morgan fingerprint density at radius 3 is 2.73 bits per heavy atom. The monoisotopic (exact) mass is 320 g/mol. The molecule has 4 nitrogen and oxygen atoms in total. The van der Waals surface area contributed by atoms with E-state index in [9.17, 15) is 0 Å². The molecule has 0 saturated carbocycles. The number of rotatable bonds is 9. The summed E-state index contributed by atoms with van der Waals surface area (Å²) in [6.07, 6.45) is 3.67. The minimum absolute atomic E-state index is 0.247. The second-order valence-corrected chi connectivity index (χ2v) is 6.00. The third-order valence-corrected chi connectivity index (χ3v) is 4.27. The average molecular weight is 320 g/mol. The van der Waals surface area contributed by atoms with Crippen molar-refractivity contribution in [2.24, 2.45) is 5.73 Å². The zero-order chi connectivity index (χ0) is 15.8. The van der Waals surface area contributed by atoms with Crippen LogP contribution >= 0.6 is 11.3 Å². The van der Waals surface area contributed by atoms with Gasteiger partial charge in [0, 0.05) is 24.0 Å². The van der Waals surface area contributed by atoms with Gasteiger partial charge < -0.3 is 15.2 Å². The molecule has 120 valence electrons. The second-order valence-electron chi connectivity index (χ2n) is 5.07. The molecule has 1 unspecified atom stereocenters. The molecule has 2 rings (SSSR count). The van der Waals surface area contributed by atoms with Gasteiger partial charge in [-0.1, -0.05) is 13.0 Å². The van der Waals surface area contributed by atoms with Crippen LogP contribution in [0.2, 0.25) is 0 Å². The predicted octanol–water partition coefficient (Wildman–Crippen LogP) is 3.62. The lowest BCUT2D eigenvalue weighted by molar-refractivity contribution is 0.276. The van der Waals surface area contributed by atoms with Crippen molar-refractivity contribution in [1.82, 2.24) is 4.98 Å². The number of benzene rings is 1. The Balaban J connectivity index is 2.15. The summed E-state index contributed by atoms with van der Waals surface area (Å²) in [5, 5.41) is 3.08. The smallest absolute Gasteiger partial charge is 0.161 e. The Morgan fingerprint density at radius 1 is 1.23 bits per heavy atom. The van der Waals surface area contributed by atoms with Crippen LogP contribution in [0.5, 0.6) is 11.5 Å². The molecule has 0 amide bonds. The zero-order valence-corrected chi connectivity index (χ0v) is 14.1. The van der Waals surface area contributed by atoms with Crippen LogP contribution in [-0.4, -0.2) is 24.7 Å². The normalized spacial score (nSPS) is 12.1. The molecule has 0 spiro atoms. The van der Waals surface area contributed by atoms with E-state index < -0.39 is 0 Å². The first-order valence-electron chi connectivity index (χ1n) is 7.76. The fourth-order valence-corrected chi connectivity index (χ4v) is 3.03. The van der Waals surface area contributed by atoms with Crippen LogP contribution in [-0.2, 0) is 6.42 Å². The summed E-state index contributed by atoms with van der Waals surface area (Å²) >= 11 is 1.66. The molecule has 2 aromatic rings. The standard InChI is InChI=1S/C17H24N2O2S/c1-3-8-21-15-6-5-13(11-16(15)20-4-2)10-14(12-18)17-19-7-9-22-17/h5-7,9,11,14H,3-4,8,10,12,18H2,1-2H3. The van der Waals surface area contributed by atoms with Crippen LogP contribution in [0.3, 0.4) is 0 Å². The molecule has 2 N–H and O–H groups in total. The van der Waals surface area contributed by atoms with Crippen LogP contribution < -0.4 is 15.2 Å². The van der Waals surface area contributed by atoms with E-state index in [0.717, 1.165) is 29.3 Å². The number of thiazole rings is 1. The third-order valence-electron chi connectivity index (χ3n) is 3.34. The number of nitrogens with two attached hydrogens (primary N) is 1. The van der Waals surface area contributed by atoms with Gasteiger partial charge in [0.2, 0.25) is 0 Å². The van der Waals surface area contributed by atoms with Gasteiger partial charge >= 0.3 is 0 Å². The molecular formula is C17H24N2O2S. The SMILES string of the molecule is CCCOc1ccc(CC(CN)c2nccs2)cc1OCC. The van der Waals surface area contributed by atoms with Crippen molar-refractivity contribution in [3.05, 3.63) is 40.3 Å². The number of hydrogen-bond donors (Lipinski definition) is 1. The molecule has 0 radical (unpaired) electrons. The maximum absolute atomic E-state index is 5.91. The molecule has 0 saturated heterocycles. The highest BCUT2D eigenvalue weighted by molar-refractivity contribution is 7.09. The Labute approximate surface area is 136 Å². The molecule has 1 aromatic carbocycles. The molecule has 0 fully saturated rings. The van der Waals surface area contributed by atoms with E-state index in [1.165, 1.54) is 5.56 Å². The Kier molecular flexibility index (Phi) is 6.68. The van der Waals surface area contributed by atoms with Crippen molar-refractivity contribution in [2.75, 3.05) is 19.8 Å². The maximum Gasteiger partial charge on any atom is 0.161 e. The van der Waals surface area contributed by atoms with Gasteiger partial charge in [-0.25, -0.2) is 4.98 Å². The van der Waals surface area contributed by atoms with Crippen molar-refractivity contribution in [3.8, 4) is 11.5 Å². The van der Waals surface area contributed by atoms with Crippen molar-refractivity contribution in [2.45, 2.75) is 32.6 Å². The minimum Gasteiger partial charge on any atom is -0.490 e. The zero-order valence-electron chi connectivity index (χ0n) is 13.2.